The van der Waals surface area contributed by atoms with Gasteiger partial charge in [-0.05, 0) is 6.42 Å². The molecule has 0 aromatic rings. The lowest BCUT2D eigenvalue weighted by Gasteiger charge is -2.13. The van der Waals surface area contributed by atoms with E-state index in [1.165, 1.54) is 19.3 Å². The molecular formula is C12H25NO3. The summed E-state index contributed by atoms with van der Waals surface area (Å²) >= 11 is 0. The van der Waals surface area contributed by atoms with Crippen LogP contribution in [0, 0.1) is 0 Å². The lowest BCUT2D eigenvalue weighted by Crippen LogP contribution is -2.33. The van der Waals surface area contributed by atoms with Gasteiger partial charge in [-0.3, -0.25) is 4.79 Å². The van der Waals surface area contributed by atoms with Crippen LogP contribution in [0.4, 0.5) is 0 Å². The van der Waals surface area contributed by atoms with Gasteiger partial charge >= 0.3 is 0 Å². The molecule has 0 heterocycles. The summed E-state index contributed by atoms with van der Waals surface area (Å²) in [6.45, 7) is 2.60. The number of ether oxygens (including phenoxy) is 2. The molecule has 96 valence electrons. The van der Waals surface area contributed by atoms with Gasteiger partial charge in [0.2, 0.25) is 5.91 Å². The van der Waals surface area contributed by atoms with Crippen LogP contribution in [0.5, 0.6) is 0 Å². The van der Waals surface area contributed by atoms with Crippen LogP contribution in [0.1, 0.15) is 45.4 Å². The summed E-state index contributed by atoms with van der Waals surface area (Å²) in [7, 11) is 3.12. The Morgan fingerprint density at radius 1 is 1.12 bits per heavy atom. The third kappa shape index (κ3) is 8.68. The molecule has 1 N–H and O–H groups in total. The molecule has 4 heteroatoms. The van der Waals surface area contributed by atoms with Crippen molar-refractivity contribution in [2.75, 3.05) is 20.8 Å². The van der Waals surface area contributed by atoms with Crippen molar-refractivity contribution < 1.29 is 14.3 Å². The van der Waals surface area contributed by atoms with Crippen LogP contribution in [0.3, 0.4) is 0 Å². The Balaban J connectivity index is 3.37. The van der Waals surface area contributed by atoms with E-state index in [0.29, 0.717) is 13.0 Å². The first kappa shape index (κ1) is 15.4. The highest BCUT2D eigenvalue weighted by molar-refractivity contribution is 5.75. The van der Waals surface area contributed by atoms with Crippen molar-refractivity contribution in [2.45, 2.75) is 51.7 Å². The molecule has 0 atom stereocenters. The molecule has 0 rings (SSSR count). The van der Waals surface area contributed by atoms with Crippen LogP contribution in [0.15, 0.2) is 0 Å². The standard InChI is InChI=1S/C12H25NO3/c1-4-5-6-7-8-9-11(14)13-10-12(15-2)16-3/h12H,4-10H2,1-3H3,(H,13,14). The van der Waals surface area contributed by atoms with Crippen molar-refractivity contribution >= 4 is 5.91 Å². The highest BCUT2D eigenvalue weighted by Crippen LogP contribution is 2.04. The number of carbonyl (C=O) groups excluding carboxylic acids is 1. The Morgan fingerprint density at radius 3 is 2.31 bits per heavy atom. The van der Waals surface area contributed by atoms with Crippen molar-refractivity contribution in [2.24, 2.45) is 0 Å². The minimum Gasteiger partial charge on any atom is -0.354 e. The van der Waals surface area contributed by atoms with E-state index < -0.39 is 0 Å². The fourth-order valence-electron chi connectivity index (χ4n) is 1.44. The zero-order chi connectivity index (χ0) is 12.2. The Bertz CT molecular complexity index is 170. The van der Waals surface area contributed by atoms with Gasteiger partial charge in [0, 0.05) is 20.6 Å². The molecule has 4 nitrogen and oxygen atoms in total. The second kappa shape index (κ2) is 10.9. The first-order valence-corrected chi connectivity index (χ1v) is 6.06. The number of hydrogen-bond acceptors (Lipinski definition) is 3. The molecule has 0 saturated carbocycles. The van der Waals surface area contributed by atoms with Gasteiger partial charge < -0.3 is 14.8 Å². The van der Waals surface area contributed by atoms with Crippen molar-refractivity contribution in [3.05, 3.63) is 0 Å². The van der Waals surface area contributed by atoms with Crippen molar-refractivity contribution in [1.82, 2.24) is 5.32 Å². The van der Waals surface area contributed by atoms with Gasteiger partial charge in [0.25, 0.3) is 0 Å². The van der Waals surface area contributed by atoms with E-state index >= 15 is 0 Å². The Morgan fingerprint density at radius 2 is 1.75 bits per heavy atom. The minimum absolute atomic E-state index is 0.0793. The molecule has 0 unspecified atom stereocenters. The summed E-state index contributed by atoms with van der Waals surface area (Å²) in [4.78, 5) is 11.4. The van der Waals surface area contributed by atoms with Crippen LogP contribution in [-0.4, -0.2) is 33.0 Å². The molecule has 0 aliphatic heterocycles. The maximum absolute atomic E-state index is 11.4. The molecule has 0 aromatic heterocycles. The summed E-state index contributed by atoms with van der Waals surface area (Å²) in [5.74, 6) is 0.0793. The van der Waals surface area contributed by atoms with Crippen molar-refractivity contribution in [3.8, 4) is 0 Å². The summed E-state index contributed by atoms with van der Waals surface area (Å²) in [6, 6.07) is 0. The van der Waals surface area contributed by atoms with Gasteiger partial charge in [-0.1, -0.05) is 32.6 Å². The largest absolute Gasteiger partial charge is 0.354 e. The molecule has 0 fully saturated rings. The molecule has 1 amide bonds. The average Bonchev–Trinajstić information content (AvgIpc) is 2.30. The number of methoxy groups -OCH3 is 2. The summed E-state index contributed by atoms with van der Waals surface area (Å²) < 4.78 is 9.94. The lowest BCUT2D eigenvalue weighted by atomic mass is 10.1. The molecule has 0 aliphatic rings. The highest BCUT2D eigenvalue weighted by atomic mass is 16.7. The quantitative estimate of drug-likeness (QED) is 0.462. The number of rotatable bonds is 10. The molecule has 0 aromatic carbocycles. The second-order valence-electron chi connectivity index (χ2n) is 3.87. The van der Waals surface area contributed by atoms with Crippen LogP contribution in [0.25, 0.3) is 0 Å². The monoisotopic (exact) mass is 231 g/mol. The molecule has 0 saturated heterocycles. The van der Waals surface area contributed by atoms with E-state index in [1.54, 1.807) is 14.2 Å². The zero-order valence-electron chi connectivity index (χ0n) is 10.8. The lowest BCUT2D eigenvalue weighted by molar-refractivity contribution is -0.127. The molecule has 0 radical (unpaired) electrons. The van der Waals surface area contributed by atoms with Crippen LogP contribution in [0.2, 0.25) is 0 Å². The molecule has 16 heavy (non-hydrogen) atoms. The van der Waals surface area contributed by atoms with Crippen LogP contribution < -0.4 is 5.32 Å². The molecular weight excluding hydrogens is 206 g/mol. The van der Waals surface area contributed by atoms with E-state index in [2.05, 4.69) is 12.2 Å². The highest BCUT2D eigenvalue weighted by Gasteiger charge is 2.07. The van der Waals surface area contributed by atoms with Gasteiger partial charge in [-0.25, -0.2) is 0 Å². The summed E-state index contributed by atoms with van der Waals surface area (Å²) in [6.07, 6.45) is 6.08. The van der Waals surface area contributed by atoms with Gasteiger partial charge in [0.1, 0.15) is 0 Å². The third-order valence-electron chi connectivity index (χ3n) is 2.50. The fourth-order valence-corrected chi connectivity index (χ4v) is 1.44. The molecule has 0 bridgehead atoms. The Hall–Kier alpha value is -0.610. The Labute approximate surface area is 98.7 Å². The molecule has 0 spiro atoms. The predicted octanol–water partition coefficient (Wildman–Crippen LogP) is 2.08. The average molecular weight is 231 g/mol. The summed E-state index contributed by atoms with van der Waals surface area (Å²) in [5, 5.41) is 2.79. The number of carbonyl (C=O) groups is 1. The van der Waals surface area contributed by atoms with E-state index in [-0.39, 0.29) is 12.2 Å². The summed E-state index contributed by atoms with van der Waals surface area (Å²) in [5.41, 5.74) is 0. The number of amides is 1. The van der Waals surface area contributed by atoms with Gasteiger partial charge in [-0.15, -0.1) is 0 Å². The van der Waals surface area contributed by atoms with Gasteiger partial charge in [-0.2, -0.15) is 0 Å². The van der Waals surface area contributed by atoms with Crippen molar-refractivity contribution in [1.29, 1.82) is 0 Å². The maximum Gasteiger partial charge on any atom is 0.220 e. The predicted molar refractivity (Wildman–Crippen MR) is 64.2 cm³/mol. The van der Waals surface area contributed by atoms with Crippen LogP contribution in [-0.2, 0) is 14.3 Å². The van der Waals surface area contributed by atoms with Gasteiger partial charge in [0.05, 0.1) is 6.54 Å². The Kier molecular flexibility index (Phi) is 10.5. The zero-order valence-corrected chi connectivity index (χ0v) is 10.8. The fraction of sp³-hybridized carbons (Fsp3) is 0.917. The third-order valence-corrected chi connectivity index (χ3v) is 2.50. The normalized spacial score (nSPS) is 10.8. The SMILES string of the molecule is CCCCCCCC(=O)NCC(OC)OC. The van der Waals surface area contributed by atoms with E-state index in [4.69, 9.17) is 9.47 Å². The van der Waals surface area contributed by atoms with E-state index in [9.17, 15) is 4.79 Å². The van der Waals surface area contributed by atoms with Gasteiger partial charge in [0.15, 0.2) is 6.29 Å². The minimum atomic E-state index is -0.343. The maximum atomic E-state index is 11.4. The second-order valence-corrected chi connectivity index (χ2v) is 3.87. The first-order chi connectivity index (χ1) is 7.74. The number of nitrogens with one attached hydrogen (secondary N) is 1. The van der Waals surface area contributed by atoms with Crippen LogP contribution >= 0.6 is 0 Å². The van der Waals surface area contributed by atoms with E-state index in [0.717, 1.165) is 12.8 Å². The van der Waals surface area contributed by atoms with Crippen molar-refractivity contribution in [3.63, 3.8) is 0 Å². The topological polar surface area (TPSA) is 47.6 Å². The van der Waals surface area contributed by atoms with E-state index in [1.807, 2.05) is 0 Å². The smallest absolute Gasteiger partial charge is 0.220 e. The molecule has 0 aliphatic carbocycles. The number of hydrogen-bond donors (Lipinski definition) is 1. The number of unbranched alkanes of at least 4 members (excludes halogenated alkanes) is 4. The first-order valence-electron chi connectivity index (χ1n) is 6.06.